The van der Waals surface area contributed by atoms with Gasteiger partial charge in [0.25, 0.3) is 0 Å². The van der Waals surface area contributed by atoms with Gasteiger partial charge in [0.2, 0.25) is 0 Å². The van der Waals surface area contributed by atoms with Crippen LogP contribution in [0.1, 0.15) is 16.1 Å². The van der Waals surface area contributed by atoms with Crippen LogP contribution in [0.5, 0.6) is 0 Å². The number of benzene rings is 2. The van der Waals surface area contributed by atoms with Crippen LogP contribution in [-0.2, 0) is 6.54 Å². The lowest BCUT2D eigenvalue weighted by atomic mass is 10.1. The first-order valence-electron chi connectivity index (χ1n) is 6.62. The maximum absolute atomic E-state index is 13.0. The highest BCUT2D eigenvalue weighted by molar-refractivity contribution is 5.92. The van der Waals surface area contributed by atoms with E-state index in [-0.39, 0.29) is 11.5 Å². The predicted molar refractivity (Wildman–Crippen MR) is 77.9 cm³/mol. The van der Waals surface area contributed by atoms with Crippen LogP contribution in [0.25, 0.3) is 11.3 Å². The molecule has 3 rings (SSSR count). The first-order valence-corrected chi connectivity index (χ1v) is 6.62. The number of rotatable bonds is 4. The molecule has 0 bridgehead atoms. The largest absolute Gasteiger partial charge is 0.476 e. The fourth-order valence-corrected chi connectivity index (χ4v) is 2.21. The van der Waals surface area contributed by atoms with Gasteiger partial charge in [-0.25, -0.2) is 13.9 Å². The summed E-state index contributed by atoms with van der Waals surface area (Å²) in [5.41, 5.74) is 1.85. The molecule has 0 saturated carbocycles. The normalized spacial score (nSPS) is 10.6. The third-order valence-electron chi connectivity index (χ3n) is 3.23. The molecular formula is C16H12FN3O2. The van der Waals surface area contributed by atoms with E-state index in [9.17, 15) is 14.3 Å². The minimum absolute atomic E-state index is 0.103. The number of hydrogen-bond acceptors (Lipinski definition) is 3. The lowest BCUT2D eigenvalue weighted by Crippen LogP contribution is -2.06. The van der Waals surface area contributed by atoms with Crippen molar-refractivity contribution in [2.24, 2.45) is 0 Å². The molecule has 1 aromatic heterocycles. The molecule has 3 aromatic rings. The number of carboxylic acids is 1. The minimum atomic E-state index is -1.13. The predicted octanol–water partition coefficient (Wildman–Crippen LogP) is 2.83. The number of hydrogen-bond donors (Lipinski definition) is 1. The molecular weight excluding hydrogens is 285 g/mol. The molecule has 0 amide bonds. The Balaban J connectivity index is 2.05. The summed E-state index contributed by atoms with van der Waals surface area (Å²) in [6.07, 6.45) is 0. The van der Waals surface area contributed by atoms with Crippen molar-refractivity contribution >= 4 is 5.97 Å². The average molecular weight is 297 g/mol. The smallest absolute Gasteiger partial charge is 0.358 e. The van der Waals surface area contributed by atoms with Gasteiger partial charge in [-0.05, 0) is 17.7 Å². The van der Waals surface area contributed by atoms with Crippen LogP contribution < -0.4 is 0 Å². The van der Waals surface area contributed by atoms with Crippen molar-refractivity contribution in [2.45, 2.75) is 6.54 Å². The summed E-state index contributed by atoms with van der Waals surface area (Å²) < 4.78 is 14.5. The standard InChI is InChI=1S/C16H12FN3O2/c17-13-8-6-11(7-9-13)10-20-15(12-4-2-1-3-5-12)14(16(21)22)18-19-20/h1-9H,10H2,(H,21,22). The lowest BCUT2D eigenvalue weighted by molar-refractivity contribution is 0.0691. The first kappa shape index (κ1) is 13.9. The molecule has 2 aromatic carbocycles. The van der Waals surface area contributed by atoms with E-state index in [0.717, 1.165) is 5.56 Å². The Labute approximate surface area is 125 Å². The molecule has 0 saturated heterocycles. The third-order valence-corrected chi connectivity index (χ3v) is 3.23. The molecule has 1 heterocycles. The van der Waals surface area contributed by atoms with Crippen molar-refractivity contribution in [3.05, 3.63) is 71.7 Å². The second-order valence-electron chi connectivity index (χ2n) is 4.74. The van der Waals surface area contributed by atoms with E-state index in [2.05, 4.69) is 10.3 Å². The SMILES string of the molecule is O=C(O)c1nnn(Cc2ccc(F)cc2)c1-c1ccccc1. The van der Waals surface area contributed by atoms with E-state index >= 15 is 0 Å². The Morgan fingerprint density at radius 2 is 1.77 bits per heavy atom. The second-order valence-corrected chi connectivity index (χ2v) is 4.74. The summed E-state index contributed by atoms with van der Waals surface area (Å²) in [7, 11) is 0. The maximum Gasteiger partial charge on any atom is 0.358 e. The maximum atomic E-state index is 13.0. The molecule has 0 spiro atoms. The van der Waals surface area contributed by atoms with E-state index in [1.807, 2.05) is 18.2 Å². The van der Waals surface area contributed by atoms with Crippen molar-refractivity contribution in [2.75, 3.05) is 0 Å². The number of aromatic nitrogens is 3. The van der Waals surface area contributed by atoms with Crippen LogP contribution in [-0.4, -0.2) is 26.1 Å². The van der Waals surface area contributed by atoms with E-state index in [1.54, 1.807) is 24.3 Å². The van der Waals surface area contributed by atoms with E-state index < -0.39 is 5.97 Å². The number of carboxylic acid groups (broad SMARTS) is 1. The molecule has 110 valence electrons. The van der Waals surface area contributed by atoms with E-state index in [0.29, 0.717) is 17.8 Å². The fourth-order valence-electron chi connectivity index (χ4n) is 2.21. The molecule has 0 aliphatic rings. The van der Waals surface area contributed by atoms with Crippen molar-refractivity contribution in [3.63, 3.8) is 0 Å². The number of aromatic carboxylic acids is 1. The van der Waals surface area contributed by atoms with Crippen LogP contribution in [0.4, 0.5) is 4.39 Å². The second kappa shape index (κ2) is 5.77. The molecule has 0 fully saturated rings. The molecule has 0 radical (unpaired) electrons. The number of nitrogens with zero attached hydrogens (tertiary/aromatic N) is 3. The Hall–Kier alpha value is -3.02. The monoisotopic (exact) mass is 297 g/mol. The van der Waals surface area contributed by atoms with Crippen LogP contribution in [0.2, 0.25) is 0 Å². The number of carbonyl (C=O) groups is 1. The third kappa shape index (κ3) is 2.71. The van der Waals surface area contributed by atoms with E-state index in [1.165, 1.54) is 16.8 Å². The van der Waals surface area contributed by atoms with Crippen LogP contribution in [0, 0.1) is 5.82 Å². The Bertz CT molecular complexity index is 798. The van der Waals surface area contributed by atoms with Gasteiger partial charge in [0.15, 0.2) is 5.69 Å². The summed E-state index contributed by atoms with van der Waals surface area (Å²) in [5, 5.41) is 16.9. The molecule has 22 heavy (non-hydrogen) atoms. The van der Waals surface area contributed by atoms with Gasteiger partial charge in [-0.2, -0.15) is 0 Å². The fraction of sp³-hybridized carbons (Fsp3) is 0.0625. The van der Waals surface area contributed by atoms with Crippen molar-refractivity contribution in [1.29, 1.82) is 0 Å². The Morgan fingerprint density at radius 1 is 1.09 bits per heavy atom. The van der Waals surface area contributed by atoms with E-state index in [4.69, 9.17) is 0 Å². The lowest BCUT2D eigenvalue weighted by Gasteiger charge is -2.07. The van der Waals surface area contributed by atoms with Crippen molar-refractivity contribution in [1.82, 2.24) is 15.0 Å². The summed E-state index contributed by atoms with van der Waals surface area (Å²) in [6.45, 7) is 0.310. The summed E-state index contributed by atoms with van der Waals surface area (Å²) in [4.78, 5) is 11.3. The van der Waals surface area contributed by atoms with Crippen LogP contribution in [0.3, 0.4) is 0 Å². The zero-order valence-electron chi connectivity index (χ0n) is 11.5. The van der Waals surface area contributed by atoms with Crippen molar-refractivity contribution in [3.8, 4) is 11.3 Å². The van der Waals surface area contributed by atoms with Crippen LogP contribution >= 0.6 is 0 Å². The average Bonchev–Trinajstić information content (AvgIpc) is 2.94. The summed E-state index contributed by atoms with van der Waals surface area (Å²) in [6, 6.07) is 15.0. The zero-order valence-corrected chi connectivity index (χ0v) is 11.5. The highest BCUT2D eigenvalue weighted by Crippen LogP contribution is 2.23. The molecule has 1 N–H and O–H groups in total. The zero-order chi connectivity index (χ0) is 15.5. The van der Waals surface area contributed by atoms with Gasteiger partial charge < -0.3 is 5.11 Å². The molecule has 0 aliphatic carbocycles. The summed E-state index contributed by atoms with van der Waals surface area (Å²) in [5.74, 6) is -1.46. The molecule has 0 atom stereocenters. The first-order chi connectivity index (χ1) is 10.6. The van der Waals surface area contributed by atoms with Gasteiger partial charge in [-0.15, -0.1) is 5.10 Å². The van der Waals surface area contributed by atoms with Gasteiger partial charge in [0.05, 0.1) is 6.54 Å². The quantitative estimate of drug-likeness (QED) is 0.804. The topological polar surface area (TPSA) is 68.0 Å². The summed E-state index contributed by atoms with van der Waals surface area (Å²) >= 11 is 0. The van der Waals surface area contributed by atoms with Gasteiger partial charge in [0, 0.05) is 5.56 Å². The van der Waals surface area contributed by atoms with Gasteiger partial charge in [0.1, 0.15) is 11.5 Å². The van der Waals surface area contributed by atoms with Gasteiger partial charge in [-0.3, -0.25) is 0 Å². The van der Waals surface area contributed by atoms with Gasteiger partial charge >= 0.3 is 5.97 Å². The molecule has 0 unspecified atom stereocenters. The highest BCUT2D eigenvalue weighted by Gasteiger charge is 2.20. The molecule has 5 nitrogen and oxygen atoms in total. The Morgan fingerprint density at radius 3 is 2.41 bits per heavy atom. The molecule has 6 heteroatoms. The minimum Gasteiger partial charge on any atom is -0.476 e. The van der Waals surface area contributed by atoms with Crippen molar-refractivity contribution < 1.29 is 14.3 Å². The highest BCUT2D eigenvalue weighted by atomic mass is 19.1. The Kier molecular flexibility index (Phi) is 3.65. The van der Waals surface area contributed by atoms with Gasteiger partial charge in [-0.1, -0.05) is 47.7 Å². The molecule has 0 aliphatic heterocycles. The number of halogens is 1. The van der Waals surface area contributed by atoms with Crippen LogP contribution in [0.15, 0.2) is 54.6 Å².